The Bertz CT molecular complexity index is 54.7. The minimum Gasteiger partial charge on any atom is -0.271 e. The molecule has 0 bridgehead atoms. The molecule has 0 radical (unpaired) electrons. The lowest BCUT2D eigenvalue weighted by Crippen LogP contribution is -1.19. The second kappa shape index (κ2) is 8.97. The average Bonchev–Trinajstić information content (AvgIpc) is 0.722. The Balaban J connectivity index is -0.0000000267. The topological polar surface area (TPSA) is 17.1 Å². The standard InChI is InChI=1S/Cl3OP.3ClH/c1-5(2,3)4;;;/h;3*1H. The summed E-state index contributed by atoms with van der Waals surface area (Å²) in [4.78, 5) is 0. The van der Waals surface area contributed by atoms with Gasteiger partial charge in [0.1, 0.15) is 0 Å². The van der Waals surface area contributed by atoms with E-state index in [4.69, 9.17) is 0 Å². The van der Waals surface area contributed by atoms with E-state index in [0.29, 0.717) is 0 Å². The lowest BCUT2D eigenvalue weighted by Gasteiger charge is -1.74. The number of hydrogen-bond donors (Lipinski definition) is 0. The molecule has 8 heteroatoms. The molecule has 0 atom stereocenters. The fraction of sp³-hybridized carbons (Fsp3) is 0. The van der Waals surface area contributed by atoms with Gasteiger partial charge in [-0.05, 0) is 33.7 Å². The summed E-state index contributed by atoms with van der Waals surface area (Å²) >= 11 is 13.8. The third kappa shape index (κ3) is 99.8. The lowest BCUT2D eigenvalue weighted by molar-refractivity contribution is 0.600. The van der Waals surface area contributed by atoms with Crippen LogP contribution in [0.15, 0.2) is 0 Å². The predicted octanol–water partition coefficient (Wildman–Crippen LogP) is 4.08. The summed E-state index contributed by atoms with van der Waals surface area (Å²) < 4.78 is 9.51. The van der Waals surface area contributed by atoms with E-state index in [1.807, 2.05) is 0 Å². The zero-order chi connectivity index (χ0) is 4.50. The number of hydrogen-bond acceptors (Lipinski definition) is 1. The molecule has 8 heavy (non-hydrogen) atoms. The summed E-state index contributed by atoms with van der Waals surface area (Å²) in [7, 11) is 0. The van der Waals surface area contributed by atoms with Crippen LogP contribution in [0.4, 0.5) is 0 Å². The molecule has 1 nitrogen and oxygen atoms in total. The van der Waals surface area contributed by atoms with Crippen LogP contribution in [0.3, 0.4) is 0 Å². The van der Waals surface area contributed by atoms with E-state index in [9.17, 15) is 4.57 Å². The van der Waals surface area contributed by atoms with Crippen molar-refractivity contribution >= 4 is 76.1 Å². The molecule has 0 saturated heterocycles. The Morgan fingerprint density at radius 3 is 0.875 bits per heavy atom. The smallest absolute Gasteiger partial charge is 0.271 e. The zero-order valence-electron chi connectivity index (χ0n) is 3.21. The van der Waals surface area contributed by atoms with Crippen molar-refractivity contribution in [2.45, 2.75) is 0 Å². The minimum atomic E-state index is -3.22. The highest BCUT2D eigenvalue weighted by Gasteiger charge is 2.02. The summed E-state index contributed by atoms with van der Waals surface area (Å²) in [5.41, 5.74) is 0. The molecular formula is H3Cl6OP. The summed E-state index contributed by atoms with van der Waals surface area (Å²) in [6.07, 6.45) is 0. The first-order valence-electron chi connectivity index (χ1n) is 0.690. The van der Waals surface area contributed by atoms with Gasteiger partial charge < -0.3 is 0 Å². The third-order valence-corrected chi connectivity index (χ3v) is 0. The summed E-state index contributed by atoms with van der Waals surface area (Å²) in [5.74, 6) is 0. The molecule has 0 saturated carbocycles. The molecule has 0 heterocycles. The second-order valence-electron chi connectivity index (χ2n) is 0.399. The van der Waals surface area contributed by atoms with Crippen LogP contribution >= 0.6 is 76.1 Å². The highest BCUT2D eigenvalue weighted by atomic mass is 36.0. The van der Waals surface area contributed by atoms with Gasteiger partial charge in [-0.3, -0.25) is 4.57 Å². The van der Waals surface area contributed by atoms with Crippen LogP contribution in [0.2, 0.25) is 0 Å². The van der Waals surface area contributed by atoms with Crippen molar-refractivity contribution in [1.29, 1.82) is 0 Å². The molecule has 0 N–H and O–H groups in total. The zero-order valence-corrected chi connectivity index (χ0v) is 8.83. The van der Waals surface area contributed by atoms with Gasteiger partial charge in [-0.15, -0.1) is 37.2 Å². The Labute approximate surface area is 80.4 Å². The molecule has 0 aromatic carbocycles. The Hall–Kier alpha value is 1.97. The molecular weight excluding hydrogens is 260 g/mol. The molecule has 0 amide bonds. The highest BCUT2D eigenvalue weighted by molar-refractivity contribution is 8.24. The molecule has 0 aliphatic heterocycles. The third-order valence-electron chi connectivity index (χ3n) is 0. The molecule has 0 rings (SSSR count). The SMILES string of the molecule is Cl.Cl.Cl.O=P(Cl)(Cl)Cl. The Kier molecular flexibility index (Phi) is 25.2. The van der Waals surface area contributed by atoms with Gasteiger partial charge >= 0.3 is 5.20 Å². The van der Waals surface area contributed by atoms with Gasteiger partial charge in [-0.1, -0.05) is 0 Å². The van der Waals surface area contributed by atoms with Gasteiger partial charge in [0, 0.05) is 0 Å². The average molecular weight is 263 g/mol. The van der Waals surface area contributed by atoms with Crippen LogP contribution in [0.1, 0.15) is 0 Å². The molecule has 0 unspecified atom stereocenters. The fourth-order valence-corrected chi connectivity index (χ4v) is 0. The van der Waals surface area contributed by atoms with Crippen molar-refractivity contribution in [1.82, 2.24) is 0 Å². The maximum Gasteiger partial charge on any atom is 0.339 e. The van der Waals surface area contributed by atoms with Crippen LogP contribution in [0, 0.1) is 0 Å². The van der Waals surface area contributed by atoms with E-state index in [0.717, 1.165) is 0 Å². The first-order valence-corrected chi connectivity index (χ1v) is 5.11. The van der Waals surface area contributed by atoms with Crippen molar-refractivity contribution in [3.63, 3.8) is 0 Å². The van der Waals surface area contributed by atoms with Crippen molar-refractivity contribution in [3.05, 3.63) is 0 Å². The quantitative estimate of drug-likeness (QED) is 0.601. The molecule has 0 aromatic heterocycles. The van der Waals surface area contributed by atoms with Crippen molar-refractivity contribution < 1.29 is 4.57 Å². The monoisotopic (exact) mass is 260 g/mol. The van der Waals surface area contributed by atoms with Gasteiger partial charge in [-0.25, -0.2) is 0 Å². The van der Waals surface area contributed by atoms with E-state index >= 15 is 0 Å². The van der Waals surface area contributed by atoms with Gasteiger partial charge in [-0.2, -0.15) is 0 Å². The summed E-state index contributed by atoms with van der Waals surface area (Å²) in [5, 5.41) is -3.22. The first-order chi connectivity index (χ1) is 2.00. The summed E-state index contributed by atoms with van der Waals surface area (Å²) in [6.45, 7) is 0. The molecule has 0 spiro atoms. The van der Waals surface area contributed by atoms with Crippen LogP contribution in [-0.4, -0.2) is 0 Å². The Morgan fingerprint density at radius 2 is 0.875 bits per heavy atom. The molecule has 0 aromatic rings. The molecule has 0 aliphatic rings. The van der Waals surface area contributed by atoms with E-state index in [1.54, 1.807) is 0 Å². The van der Waals surface area contributed by atoms with E-state index in [2.05, 4.69) is 33.7 Å². The van der Waals surface area contributed by atoms with Crippen molar-refractivity contribution in [2.24, 2.45) is 0 Å². The van der Waals surface area contributed by atoms with Crippen molar-refractivity contribution in [2.75, 3.05) is 0 Å². The molecule has 56 valence electrons. The minimum absolute atomic E-state index is 0. The van der Waals surface area contributed by atoms with Crippen LogP contribution < -0.4 is 0 Å². The maximum atomic E-state index is 9.51. The number of rotatable bonds is 0. The maximum absolute atomic E-state index is 9.51. The van der Waals surface area contributed by atoms with Crippen LogP contribution in [0.5, 0.6) is 0 Å². The first kappa shape index (κ1) is 22.5. The van der Waals surface area contributed by atoms with Gasteiger partial charge in [0.05, 0.1) is 0 Å². The summed E-state index contributed by atoms with van der Waals surface area (Å²) in [6, 6.07) is 0. The highest BCUT2D eigenvalue weighted by Crippen LogP contribution is 2.61. The van der Waals surface area contributed by atoms with Gasteiger partial charge in [0.15, 0.2) is 0 Å². The normalized spacial score (nSPS) is 7.38. The fourth-order valence-electron chi connectivity index (χ4n) is 0. The second-order valence-corrected chi connectivity index (χ2v) is 7.04. The number of halogens is 6. The van der Waals surface area contributed by atoms with Gasteiger partial charge in [0.25, 0.3) is 0 Å². The molecule has 0 fully saturated rings. The molecule has 0 aliphatic carbocycles. The van der Waals surface area contributed by atoms with Crippen LogP contribution in [-0.2, 0) is 4.57 Å². The van der Waals surface area contributed by atoms with Gasteiger partial charge in [0.2, 0.25) is 0 Å². The van der Waals surface area contributed by atoms with E-state index in [-0.39, 0.29) is 37.2 Å². The van der Waals surface area contributed by atoms with E-state index < -0.39 is 5.20 Å². The van der Waals surface area contributed by atoms with E-state index in [1.165, 1.54) is 0 Å². The lowest BCUT2D eigenvalue weighted by atomic mass is 16.0. The Morgan fingerprint density at radius 1 is 0.875 bits per heavy atom. The van der Waals surface area contributed by atoms with Crippen molar-refractivity contribution in [3.8, 4) is 0 Å². The van der Waals surface area contributed by atoms with Crippen LogP contribution in [0.25, 0.3) is 0 Å². The predicted molar refractivity (Wildman–Crippen MR) is 46.9 cm³/mol. The largest absolute Gasteiger partial charge is 0.339 e.